The average molecular weight is 988 g/mol. The van der Waals surface area contributed by atoms with E-state index in [0.29, 0.717) is 0 Å². The zero-order valence-corrected chi connectivity index (χ0v) is 41.0. The highest BCUT2D eigenvalue weighted by Gasteiger charge is 1.65. The SMILES string of the molecule is C#CC#CC#CC#CC#CC#CC#CC#CC#CC#CC#CC#CC#CC#CC#CC#CC#CC#CC#CC#CC#CC#CC#CC#CC#CC#CC#CC#CC#CC#CC#CC#CC#CC#CC#CC#CC#CC#CC#CC#CC#N. The molecule has 0 aliphatic heterocycles. The third-order valence-electron chi connectivity index (χ3n) is 4.94. The lowest BCUT2D eigenvalue weighted by atomic mass is 10.4. The van der Waals surface area contributed by atoms with Gasteiger partial charge in [-0.15, -0.1) is 6.42 Å². The van der Waals surface area contributed by atoms with E-state index in [1.807, 2.05) is 0 Å². The number of hydrogen-bond donors (Lipinski definition) is 0. The summed E-state index contributed by atoms with van der Waals surface area (Å²) < 4.78 is 0. The van der Waals surface area contributed by atoms with E-state index in [9.17, 15) is 0 Å². The number of terminal acetylenes is 1. The van der Waals surface area contributed by atoms with Gasteiger partial charge >= 0.3 is 0 Å². The molecule has 0 aromatic heterocycles. The predicted octanol–water partition coefficient (Wildman–Crippen LogP) is 0.276. The summed E-state index contributed by atoms with van der Waals surface area (Å²) in [5.74, 6) is 195. The van der Waals surface area contributed by atoms with Gasteiger partial charge in [0.2, 0.25) is 0 Å². The second-order valence-electron chi connectivity index (χ2n) is 10.0. The molecule has 330 valence electrons. The molecular formula is C81HN. The zero-order valence-electron chi connectivity index (χ0n) is 41.0. The predicted molar refractivity (Wildman–Crippen MR) is 318 cm³/mol. The molecule has 0 saturated heterocycles. The molecule has 1 heteroatoms. The number of rotatable bonds is 0. The third-order valence-corrected chi connectivity index (χ3v) is 4.94. The molecule has 0 unspecified atom stereocenters. The van der Waals surface area contributed by atoms with Crippen LogP contribution in [0.2, 0.25) is 0 Å². The van der Waals surface area contributed by atoms with E-state index >= 15 is 0 Å². The van der Waals surface area contributed by atoms with Crippen LogP contribution < -0.4 is 0 Å². The van der Waals surface area contributed by atoms with Crippen molar-refractivity contribution < 1.29 is 0 Å². The summed E-state index contributed by atoms with van der Waals surface area (Å²) in [5, 5.41) is 8.21. The highest BCUT2D eigenvalue weighted by atomic mass is 14.2. The standard InChI is InChI=1S/C81HN/c1-2-3-4-5-6-7-8-9-10-11-12-13-14-15-16-17-18-19-20-21-22-23-24-25-26-27-28-29-30-31-32-33-34-35-36-37-38-39-40-41-42-43-44-45-46-47-48-49-50-51-52-53-54-55-56-57-58-59-60-61-62-63-64-65-66-67-68-69-70-71-72-73-74-75-76-77-78-79-80-81-82/h1H. The van der Waals surface area contributed by atoms with E-state index in [4.69, 9.17) is 11.7 Å². The topological polar surface area (TPSA) is 23.8 Å². The minimum absolute atomic E-state index is 1.62. The van der Waals surface area contributed by atoms with Crippen molar-refractivity contribution in [3.05, 3.63) is 0 Å². The van der Waals surface area contributed by atoms with E-state index < -0.39 is 0 Å². The molecule has 0 fully saturated rings. The Kier molecular flexibility index (Phi) is 49.0. The van der Waals surface area contributed by atoms with Gasteiger partial charge in [-0.2, -0.15) is 5.26 Å². The first kappa shape index (κ1) is 63.9. The molecule has 1 nitrogen and oxygen atoms in total. The smallest absolute Gasteiger partial charge is 0.153 e. The van der Waals surface area contributed by atoms with Crippen LogP contribution in [0.25, 0.3) is 0 Å². The van der Waals surface area contributed by atoms with Crippen molar-refractivity contribution in [3.8, 4) is 480 Å². The summed E-state index contributed by atoms with van der Waals surface area (Å²) in [6.07, 6.45) is 4.95. The van der Waals surface area contributed by atoms with Crippen LogP contribution in [0.15, 0.2) is 0 Å². The molecule has 82 heavy (non-hydrogen) atoms. The third kappa shape index (κ3) is 61.9. The van der Waals surface area contributed by atoms with E-state index in [1.165, 1.54) is 0 Å². The Labute approximate surface area is 482 Å². The van der Waals surface area contributed by atoms with Gasteiger partial charge in [-0.1, -0.05) is 0 Å². The number of nitrogens with zero attached hydrogens (tertiary/aromatic N) is 1. The fraction of sp³-hybridized carbons (Fsp3) is 0. The molecule has 0 aromatic carbocycles. The molecular weight excluding hydrogens is 987 g/mol. The molecule has 0 radical (unpaired) electrons. The molecule has 0 heterocycles. The van der Waals surface area contributed by atoms with Gasteiger partial charge in [0.25, 0.3) is 0 Å². The molecule has 0 saturated carbocycles. The zero-order chi connectivity index (χ0) is 58.6. The fourth-order valence-corrected chi connectivity index (χ4v) is 2.44. The lowest BCUT2D eigenvalue weighted by Gasteiger charge is -1.58. The molecule has 0 rings (SSSR count). The minimum Gasteiger partial charge on any atom is -0.183 e. The van der Waals surface area contributed by atoms with Gasteiger partial charge in [0, 0.05) is 420 Å². The first-order valence-corrected chi connectivity index (χ1v) is 20.3. The van der Waals surface area contributed by atoms with Crippen LogP contribution in [-0.2, 0) is 0 Å². The van der Waals surface area contributed by atoms with Gasteiger partial charge in [0.05, 0.1) is 0 Å². The van der Waals surface area contributed by atoms with Crippen LogP contribution in [0.5, 0.6) is 0 Å². The van der Waals surface area contributed by atoms with Gasteiger partial charge in [-0.05, 0) is 47.4 Å². The van der Waals surface area contributed by atoms with Crippen LogP contribution in [-0.4, -0.2) is 0 Å². The minimum atomic E-state index is 1.62. The molecule has 0 aromatic rings. The number of nitriles is 1. The summed E-state index contributed by atoms with van der Waals surface area (Å²) in [5.41, 5.74) is 0. The van der Waals surface area contributed by atoms with Crippen LogP contribution in [0, 0.1) is 485 Å². The Bertz CT molecular complexity index is 5250. The summed E-state index contributed by atoms with van der Waals surface area (Å²) in [6, 6.07) is 1.62. The Morgan fingerprint density at radius 2 is 0.159 bits per heavy atom. The summed E-state index contributed by atoms with van der Waals surface area (Å²) in [6.45, 7) is 0. The monoisotopic (exact) mass is 987 g/mol. The molecule has 0 amide bonds. The molecule has 0 bridgehead atoms. The quantitative estimate of drug-likeness (QED) is 0.321. The van der Waals surface area contributed by atoms with E-state index in [1.54, 1.807) is 6.07 Å². The van der Waals surface area contributed by atoms with E-state index in [-0.39, 0.29) is 0 Å². The van der Waals surface area contributed by atoms with Crippen LogP contribution >= 0.6 is 0 Å². The van der Waals surface area contributed by atoms with Crippen molar-refractivity contribution in [1.29, 1.82) is 5.26 Å². The number of hydrogen-bond acceptors (Lipinski definition) is 1. The lowest BCUT2D eigenvalue weighted by Crippen LogP contribution is -1.57. The van der Waals surface area contributed by atoms with Crippen LogP contribution in [0.4, 0.5) is 0 Å². The second-order valence-corrected chi connectivity index (χ2v) is 10.0. The Balaban J connectivity index is 4.62. The van der Waals surface area contributed by atoms with Crippen molar-refractivity contribution in [2.45, 2.75) is 0 Å². The van der Waals surface area contributed by atoms with Gasteiger partial charge in [-0.3, -0.25) is 0 Å². The lowest BCUT2D eigenvalue weighted by molar-refractivity contribution is 1.55. The molecule has 0 atom stereocenters. The first-order valence-electron chi connectivity index (χ1n) is 20.3. The maximum Gasteiger partial charge on any atom is 0.153 e. The van der Waals surface area contributed by atoms with Crippen molar-refractivity contribution in [2.75, 3.05) is 0 Å². The Hall–Kier alpha value is -18.1. The largest absolute Gasteiger partial charge is 0.183 e. The van der Waals surface area contributed by atoms with Crippen molar-refractivity contribution >= 4 is 0 Å². The second kappa shape index (κ2) is 62.9. The van der Waals surface area contributed by atoms with E-state index in [2.05, 4.69) is 468 Å². The molecule has 0 aliphatic carbocycles. The first-order chi connectivity index (χ1) is 40.9. The van der Waals surface area contributed by atoms with E-state index in [0.717, 1.165) is 0 Å². The van der Waals surface area contributed by atoms with Crippen LogP contribution in [0.3, 0.4) is 0 Å². The Morgan fingerprint density at radius 3 is 0.220 bits per heavy atom. The maximum atomic E-state index is 8.21. The van der Waals surface area contributed by atoms with Crippen LogP contribution in [0.1, 0.15) is 0 Å². The van der Waals surface area contributed by atoms with Gasteiger partial charge in [-0.25, -0.2) is 0 Å². The normalized spacial score (nSPS) is 3.93. The molecule has 0 aliphatic rings. The van der Waals surface area contributed by atoms with Crippen molar-refractivity contribution in [1.82, 2.24) is 0 Å². The summed E-state index contributed by atoms with van der Waals surface area (Å²) in [4.78, 5) is 0. The van der Waals surface area contributed by atoms with Crippen molar-refractivity contribution in [2.24, 2.45) is 0 Å². The van der Waals surface area contributed by atoms with Gasteiger partial charge in [0.1, 0.15) is 0 Å². The van der Waals surface area contributed by atoms with Crippen molar-refractivity contribution in [3.63, 3.8) is 0 Å². The van der Waals surface area contributed by atoms with Gasteiger partial charge in [0.15, 0.2) is 6.07 Å². The molecule has 0 spiro atoms. The molecule has 0 N–H and O–H groups in total. The highest BCUT2D eigenvalue weighted by molar-refractivity contribution is 5.54. The maximum absolute atomic E-state index is 8.21. The average Bonchev–Trinajstić information content (AvgIpc) is 3.48. The Morgan fingerprint density at radius 1 is 0.0976 bits per heavy atom. The highest BCUT2D eigenvalue weighted by Crippen LogP contribution is 1.65. The summed E-state index contributed by atoms with van der Waals surface area (Å²) >= 11 is 0. The van der Waals surface area contributed by atoms with Gasteiger partial charge < -0.3 is 0 Å². The fourth-order valence-electron chi connectivity index (χ4n) is 2.44. The summed E-state index contributed by atoms with van der Waals surface area (Å²) in [7, 11) is 0.